The van der Waals surface area contributed by atoms with Crippen LogP contribution in [0.25, 0.3) is 0 Å². The van der Waals surface area contributed by atoms with Gasteiger partial charge in [0.1, 0.15) is 0 Å². The predicted molar refractivity (Wildman–Crippen MR) is 120 cm³/mol. The molecule has 0 radical (unpaired) electrons. The second-order valence-corrected chi connectivity index (χ2v) is 9.18. The molecule has 1 fully saturated rings. The maximum absolute atomic E-state index is 12.8. The summed E-state index contributed by atoms with van der Waals surface area (Å²) in [4.78, 5) is 13.4. The lowest BCUT2D eigenvalue weighted by Gasteiger charge is -2.40. The lowest BCUT2D eigenvalue weighted by Crippen LogP contribution is -2.38. The summed E-state index contributed by atoms with van der Waals surface area (Å²) < 4.78 is 38.4. The number of carboxylic acid groups (broad SMARTS) is 1. The van der Waals surface area contributed by atoms with E-state index in [2.05, 4.69) is 39.2 Å². The van der Waals surface area contributed by atoms with E-state index < -0.39 is 17.7 Å². The van der Waals surface area contributed by atoms with Crippen LogP contribution < -0.4 is 0 Å². The first kappa shape index (κ1) is 27.2. The minimum absolute atomic E-state index is 0.0115. The molecule has 1 N–H and O–H groups in total. The Labute approximate surface area is 185 Å². The Morgan fingerprint density at radius 1 is 1.23 bits per heavy atom. The fraction of sp³-hybridized carbons (Fsp3) is 0.640. The molecule has 1 heterocycles. The lowest BCUT2D eigenvalue weighted by molar-refractivity contribution is -0.139. The molecule has 1 aromatic rings. The third-order valence-electron chi connectivity index (χ3n) is 5.61. The van der Waals surface area contributed by atoms with E-state index >= 15 is 0 Å². The van der Waals surface area contributed by atoms with E-state index in [1.165, 1.54) is 0 Å². The number of aliphatic carboxylic acids is 1. The molecule has 0 amide bonds. The molecule has 0 aromatic heterocycles. The van der Waals surface area contributed by atoms with Crippen molar-refractivity contribution in [2.45, 2.75) is 72.0 Å². The number of halogens is 3. The van der Waals surface area contributed by atoms with E-state index in [-0.39, 0.29) is 18.4 Å². The molecule has 6 heteroatoms. The van der Waals surface area contributed by atoms with Gasteiger partial charge in [0.05, 0.1) is 5.56 Å². The minimum atomic E-state index is -4.34. The predicted octanol–water partition coefficient (Wildman–Crippen LogP) is 7.20. The molecule has 3 nitrogen and oxygen atoms in total. The summed E-state index contributed by atoms with van der Waals surface area (Å²) in [5.41, 5.74) is 0.197. The van der Waals surface area contributed by atoms with Crippen LogP contribution in [-0.4, -0.2) is 29.1 Å². The normalized spacial score (nSPS) is 19.8. The number of hydrogen-bond acceptors (Lipinski definition) is 2. The van der Waals surface area contributed by atoms with Gasteiger partial charge in [0.15, 0.2) is 0 Å². The quantitative estimate of drug-likeness (QED) is 0.434. The second-order valence-electron chi connectivity index (χ2n) is 9.18. The minimum Gasteiger partial charge on any atom is -0.481 e. The molecule has 0 unspecified atom stereocenters. The molecule has 2 rings (SSSR count). The van der Waals surface area contributed by atoms with Gasteiger partial charge in [-0.3, -0.25) is 9.69 Å². The molecule has 0 bridgehead atoms. The summed E-state index contributed by atoms with van der Waals surface area (Å²) >= 11 is 0. The third kappa shape index (κ3) is 10.4. The number of benzene rings is 1. The number of alkyl halides is 3. The van der Waals surface area contributed by atoms with Gasteiger partial charge in [0.2, 0.25) is 0 Å². The van der Waals surface area contributed by atoms with Crippen LogP contribution in [0.5, 0.6) is 0 Å². The molecule has 0 spiro atoms. The van der Waals surface area contributed by atoms with E-state index in [9.17, 15) is 18.0 Å². The van der Waals surface area contributed by atoms with Crippen molar-refractivity contribution in [1.29, 1.82) is 0 Å². The number of likely N-dealkylation sites (tertiary alicyclic amines) is 1. The Morgan fingerprint density at radius 2 is 1.81 bits per heavy atom. The molecule has 1 aromatic carbocycles. The molecule has 1 aliphatic heterocycles. The van der Waals surface area contributed by atoms with Crippen molar-refractivity contribution in [3.05, 3.63) is 48.0 Å². The summed E-state index contributed by atoms with van der Waals surface area (Å²) in [5.74, 6) is 0.523. The van der Waals surface area contributed by atoms with Crippen LogP contribution in [0.2, 0.25) is 0 Å². The first-order valence-corrected chi connectivity index (χ1v) is 11.2. The van der Waals surface area contributed by atoms with Crippen LogP contribution in [0.1, 0.15) is 77.0 Å². The Hall–Kier alpha value is -1.82. The zero-order valence-corrected chi connectivity index (χ0v) is 19.3. The van der Waals surface area contributed by atoms with Gasteiger partial charge < -0.3 is 5.11 Å². The number of piperidine rings is 1. The number of rotatable bonds is 8. The maximum Gasteiger partial charge on any atom is 0.416 e. The zero-order valence-electron chi connectivity index (χ0n) is 19.3. The standard InChI is InChI=1S/C20H28F3NO2.C5H10/c1-14(2)4-3-10-24-11-9-15(13-19(25)26)12-18(24)16-5-7-17(8-6-16)20(21,22)23;1-4-5(2)3/h5-8,14-15,18H,3-4,9-13H2,1-2H3,(H,25,26);4-5H,1H2,2-3H3/t15-,18+;/m1./s1. The van der Waals surface area contributed by atoms with Crippen molar-refractivity contribution >= 4 is 5.97 Å². The van der Waals surface area contributed by atoms with Crippen LogP contribution in [0.3, 0.4) is 0 Å². The Morgan fingerprint density at radius 3 is 2.26 bits per heavy atom. The van der Waals surface area contributed by atoms with Crippen molar-refractivity contribution in [3.8, 4) is 0 Å². The number of carbonyl (C=O) groups is 1. The highest BCUT2D eigenvalue weighted by Gasteiger charge is 2.33. The highest BCUT2D eigenvalue weighted by Crippen LogP contribution is 2.37. The fourth-order valence-electron chi connectivity index (χ4n) is 3.73. The molecular formula is C25H38F3NO2. The second kappa shape index (κ2) is 12.9. The monoisotopic (exact) mass is 441 g/mol. The molecule has 176 valence electrons. The number of nitrogens with zero attached hydrogens (tertiary/aromatic N) is 1. The van der Waals surface area contributed by atoms with E-state index in [4.69, 9.17) is 5.11 Å². The van der Waals surface area contributed by atoms with Gasteiger partial charge in [-0.15, -0.1) is 6.58 Å². The molecule has 2 atom stereocenters. The Balaban J connectivity index is 0.000000861. The molecule has 0 saturated carbocycles. The van der Waals surface area contributed by atoms with Crippen LogP contribution in [0.15, 0.2) is 36.9 Å². The Kier molecular flexibility index (Phi) is 11.3. The molecule has 31 heavy (non-hydrogen) atoms. The largest absolute Gasteiger partial charge is 0.481 e. The number of allylic oxidation sites excluding steroid dienone is 1. The average molecular weight is 442 g/mol. The Bertz CT molecular complexity index is 668. The molecule has 0 aliphatic carbocycles. The highest BCUT2D eigenvalue weighted by atomic mass is 19.4. The summed E-state index contributed by atoms with van der Waals surface area (Å²) in [7, 11) is 0. The van der Waals surface area contributed by atoms with E-state index in [0.29, 0.717) is 18.3 Å². The first-order valence-electron chi connectivity index (χ1n) is 11.2. The molecular weight excluding hydrogens is 403 g/mol. The van der Waals surface area contributed by atoms with Crippen LogP contribution in [0, 0.1) is 17.8 Å². The number of hydrogen-bond donors (Lipinski definition) is 1. The highest BCUT2D eigenvalue weighted by molar-refractivity contribution is 5.67. The van der Waals surface area contributed by atoms with Gasteiger partial charge in [-0.1, -0.05) is 45.9 Å². The summed E-state index contributed by atoms with van der Waals surface area (Å²) in [6, 6.07) is 5.34. The summed E-state index contributed by atoms with van der Waals surface area (Å²) in [5, 5.41) is 9.08. The summed E-state index contributed by atoms with van der Waals surface area (Å²) in [6.45, 7) is 13.8. The van der Waals surface area contributed by atoms with Gasteiger partial charge in [0.25, 0.3) is 0 Å². The van der Waals surface area contributed by atoms with Crippen molar-refractivity contribution in [3.63, 3.8) is 0 Å². The van der Waals surface area contributed by atoms with E-state index in [1.807, 2.05) is 6.08 Å². The average Bonchev–Trinajstić information content (AvgIpc) is 2.68. The van der Waals surface area contributed by atoms with Crippen LogP contribution in [-0.2, 0) is 11.0 Å². The zero-order chi connectivity index (χ0) is 23.6. The van der Waals surface area contributed by atoms with Gasteiger partial charge in [-0.25, -0.2) is 0 Å². The van der Waals surface area contributed by atoms with Crippen molar-refractivity contribution in [2.75, 3.05) is 13.1 Å². The van der Waals surface area contributed by atoms with Crippen molar-refractivity contribution in [1.82, 2.24) is 4.90 Å². The van der Waals surface area contributed by atoms with Crippen molar-refractivity contribution in [2.24, 2.45) is 17.8 Å². The fourth-order valence-corrected chi connectivity index (χ4v) is 3.73. The topological polar surface area (TPSA) is 40.5 Å². The summed E-state index contributed by atoms with van der Waals surface area (Å²) in [6.07, 6.45) is 1.35. The maximum atomic E-state index is 12.8. The lowest BCUT2D eigenvalue weighted by atomic mass is 9.84. The van der Waals surface area contributed by atoms with Crippen molar-refractivity contribution < 1.29 is 23.1 Å². The number of carboxylic acids is 1. The molecule has 1 aliphatic rings. The third-order valence-corrected chi connectivity index (χ3v) is 5.61. The van der Waals surface area contributed by atoms with Gasteiger partial charge in [-0.05, 0) is 74.2 Å². The van der Waals surface area contributed by atoms with Gasteiger partial charge in [0, 0.05) is 12.5 Å². The van der Waals surface area contributed by atoms with Gasteiger partial charge >= 0.3 is 12.1 Å². The van der Waals surface area contributed by atoms with Gasteiger partial charge in [-0.2, -0.15) is 13.2 Å². The molecule has 1 saturated heterocycles. The van der Waals surface area contributed by atoms with Crippen LogP contribution in [0.4, 0.5) is 13.2 Å². The van der Waals surface area contributed by atoms with E-state index in [1.54, 1.807) is 12.1 Å². The SMILES string of the molecule is C=CC(C)C.CC(C)CCCN1CC[C@@H](CC(=O)O)C[C@H]1c1ccc(C(F)(F)F)cc1. The smallest absolute Gasteiger partial charge is 0.416 e. The van der Waals surface area contributed by atoms with E-state index in [0.717, 1.165) is 50.0 Å². The first-order chi connectivity index (χ1) is 14.4. The van der Waals surface area contributed by atoms with Crippen LogP contribution >= 0.6 is 0 Å².